The summed E-state index contributed by atoms with van der Waals surface area (Å²) in [6, 6.07) is 3.86. The highest BCUT2D eigenvalue weighted by Gasteiger charge is 2.54. The molecular formula is C18H21F3N4O5S. The number of carboxylic acids is 2. The number of aliphatic carboxylic acids is 2. The zero-order valence-electron chi connectivity index (χ0n) is 16.3. The summed E-state index contributed by atoms with van der Waals surface area (Å²) < 4.78 is 37.2. The van der Waals surface area contributed by atoms with E-state index >= 15 is 0 Å². The lowest BCUT2D eigenvalue weighted by Gasteiger charge is -2.29. The predicted molar refractivity (Wildman–Crippen MR) is 103 cm³/mol. The molecule has 0 saturated carbocycles. The number of halogens is 3. The standard InChI is InChI=1S/C16H20N4O3S.C2HF3O2/c21-14(22)16-4-2-5-19(9-13-3-1-6-23-13)7-12(16)8-20(10-16)15-18-17-11-24-15;3-2(4,5)1(6)7/h1,3,6,11-12H,2,4-5,7-10H2,(H,21,22);(H,6,7)/t12-,16-;/m0./s1. The number of hydrogen-bond acceptors (Lipinski definition) is 8. The van der Waals surface area contributed by atoms with Crippen LogP contribution >= 0.6 is 11.3 Å². The second-order valence-electron chi connectivity index (χ2n) is 7.48. The first-order valence-electron chi connectivity index (χ1n) is 9.41. The highest BCUT2D eigenvalue weighted by Crippen LogP contribution is 2.44. The number of aromatic nitrogens is 2. The van der Waals surface area contributed by atoms with Gasteiger partial charge in [0.05, 0.1) is 18.2 Å². The molecule has 2 aliphatic heterocycles. The minimum Gasteiger partial charge on any atom is -0.481 e. The summed E-state index contributed by atoms with van der Waals surface area (Å²) >= 11 is 1.47. The molecule has 0 unspecified atom stereocenters. The topological polar surface area (TPSA) is 120 Å². The van der Waals surface area contributed by atoms with E-state index in [-0.39, 0.29) is 5.92 Å². The highest BCUT2D eigenvalue weighted by molar-refractivity contribution is 7.13. The Kier molecular flexibility index (Phi) is 6.84. The monoisotopic (exact) mass is 462 g/mol. The Hall–Kier alpha value is -2.67. The van der Waals surface area contributed by atoms with Crippen LogP contribution in [0.1, 0.15) is 18.6 Å². The molecule has 0 radical (unpaired) electrons. The molecule has 2 saturated heterocycles. The summed E-state index contributed by atoms with van der Waals surface area (Å²) in [6.07, 6.45) is -1.81. The van der Waals surface area contributed by atoms with Crippen molar-refractivity contribution in [1.29, 1.82) is 0 Å². The van der Waals surface area contributed by atoms with Gasteiger partial charge in [-0.3, -0.25) is 9.69 Å². The van der Waals surface area contributed by atoms with Gasteiger partial charge in [-0.1, -0.05) is 11.3 Å². The van der Waals surface area contributed by atoms with Gasteiger partial charge in [0.25, 0.3) is 0 Å². The average molecular weight is 462 g/mol. The molecule has 0 aromatic carbocycles. The quantitative estimate of drug-likeness (QED) is 0.706. The van der Waals surface area contributed by atoms with Crippen LogP contribution in [0.4, 0.5) is 18.3 Å². The number of likely N-dealkylation sites (tertiary alicyclic amines) is 1. The molecule has 31 heavy (non-hydrogen) atoms. The summed E-state index contributed by atoms with van der Waals surface area (Å²) in [5.41, 5.74) is 1.00. The number of anilines is 1. The molecule has 2 N–H and O–H groups in total. The zero-order valence-corrected chi connectivity index (χ0v) is 17.1. The van der Waals surface area contributed by atoms with Gasteiger partial charge in [0.1, 0.15) is 11.3 Å². The molecule has 4 heterocycles. The molecule has 2 aromatic rings. The second kappa shape index (κ2) is 9.22. The molecule has 0 amide bonds. The van der Waals surface area contributed by atoms with E-state index in [1.807, 2.05) is 12.1 Å². The molecule has 2 aliphatic rings. The fourth-order valence-electron chi connectivity index (χ4n) is 4.08. The van der Waals surface area contributed by atoms with Crippen molar-refractivity contribution in [2.75, 3.05) is 31.1 Å². The Morgan fingerprint density at radius 2 is 2.06 bits per heavy atom. The molecule has 2 aromatic heterocycles. The van der Waals surface area contributed by atoms with Crippen molar-refractivity contribution in [2.45, 2.75) is 25.6 Å². The molecule has 0 aliphatic carbocycles. The van der Waals surface area contributed by atoms with Gasteiger partial charge < -0.3 is 19.5 Å². The summed E-state index contributed by atoms with van der Waals surface area (Å²) in [5, 5.41) is 25.9. The zero-order chi connectivity index (χ0) is 22.6. The van der Waals surface area contributed by atoms with Crippen molar-refractivity contribution >= 4 is 28.4 Å². The number of hydrogen-bond donors (Lipinski definition) is 2. The molecule has 0 bridgehead atoms. The van der Waals surface area contributed by atoms with Gasteiger partial charge in [0, 0.05) is 25.6 Å². The fraction of sp³-hybridized carbons (Fsp3) is 0.556. The van der Waals surface area contributed by atoms with Crippen molar-refractivity contribution in [3.8, 4) is 0 Å². The van der Waals surface area contributed by atoms with Crippen LogP contribution in [0.3, 0.4) is 0 Å². The van der Waals surface area contributed by atoms with Crippen LogP contribution in [-0.2, 0) is 16.1 Å². The number of carbonyl (C=O) groups is 2. The van der Waals surface area contributed by atoms with Crippen LogP contribution in [0.25, 0.3) is 0 Å². The van der Waals surface area contributed by atoms with E-state index in [2.05, 4.69) is 20.0 Å². The summed E-state index contributed by atoms with van der Waals surface area (Å²) in [7, 11) is 0. The summed E-state index contributed by atoms with van der Waals surface area (Å²) in [6.45, 7) is 3.65. The van der Waals surface area contributed by atoms with Gasteiger partial charge in [-0.05, 0) is 31.5 Å². The SMILES string of the molecule is O=C(O)C(F)(F)F.O=C(O)[C@]12CCCN(Cc3ccco3)C[C@H]1CN(c1nncs1)C2. The van der Waals surface area contributed by atoms with Crippen molar-refractivity contribution < 1.29 is 37.4 Å². The predicted octanol–water partition coefficient (Wildman–Crippen LogP) is 2.57. The number of nitrogens with zero attached hydrogens (tertiary/aromatic N) is 4. The van der Waals surface area contributed by atoms with E-state index in [1.165, 1.54) is 11.3 Å². The molecule has 13 heteroatoms. The number of rotatable bonds is 4. The Morgan fingerprint density at radius 1 is 1.32 bits per heavy atom. The lowest BCUT2D eigenvalue weighted by Crippen LogP contribution is -2.41. The highest BCUT2D eigenvalue weighted by atomic mass is 32.1. The van der Waals surface area contributed by atoms with Crippen molar-refractivity contribution in [2.24, 2.45) is 11.3 Å². The van der Waals surface area contributed by atoms with E-state index in [1.54, 1.807) is 11.8 Å². The maximum absolute atomic E-state index is 12.2. The first-order valence-corrected chi connectivity index (χ1v) is 10.3. The van der Waals surface area contributed by atoms with Gasteiger partial charge in [-0.2, -0.15) is 13.2 Å². The van der Waals surface area contributed by atoms with E-state index < -0.39 is 23.5 Å². The van der Waals surface area contributed by atoms with Crippen LogP contribution in [0.15, 0.2) is 28.3 Å². The second-order valence-corrected chi connectivity index (χ2v) is 8.29. The van der Waals surface area contributed by atoms with Crippen molar-refractivity contribution in [1.82, 2.24) is 15.1 Å². The van der Waals surface area contributed by atoms with Gasteiger partial charge >= 0.3 is 18.1 Å². The molecule has 4 rings (SSSR count). The number of furan rings is 1. The van der Waals surface area contributed by atoms with Crippen LogP contribution in [-0.4, -0.2) is 69.6 Å². The minimum absolute atomic E-state index is 0.0800. The van der Waals surface area contributed by atoms with Gasteiger partial charge in [0.15, 0.2) is 0 Å². The number of fused-ring (bicyclic) bond motifs is 1. The van der Waals surface area contributed by atoms with Gasteiger partial charge in [-0.25, -0.2) is 4.79 Å². The van der Waals surface area contributed by atoms with E-state index in [0.29, 0.717) is 13.0 Å². The summed E-state index contributed by atoms with van der Waals surface area (Å²) in [5.74, 6) is -2.43. The normalized spacial score (nSPS) is 24.1. The average Bonchev–Trinajstić information content (AvgIpc) is 3.42. The largest absolute Gasteiger partial charge is 0.490 e. The lowest BCUT2D eigenvalue weighted by atomic mass is 9.75. The van der Waals surface area contributed by atoms with Crippen LogP contribution < -0.4 is 4.90 Å². The van der Waals surface area contributed by atoms with Crippen LogP contribution in [0.2, 0.25) is 0 Å². The number of alkyl halides is 3. The minimum atomic E-state index is -5.08. The Labute approximate surface area is 179 Å². The maximum Gasteiger partial charge on any atom is 0.490 e. The lowest BCUT2D eigenvalue weighted by molar-refractivity contribution is -0.192. The fourth-order valence-corrected chi connectivity index (χ4v) is 4.65. The molecule has 2 atom stereocenters. The Bertz CT molecular complexity index is 877. The third-order valence-electron chi connectivity index (χ3n) is 5.52. The smallest absolute Gasteiger partial charge is 0.481 e. The Balaban J connectivity index is 0.000000339. The Morgan fingerprint density at radius 3 is 2.61 bits per heavy atom. The van der Waals surface area contributed by atoms with Crippen LogP contribution in [0, 0.1) is 11.3 Å². The molecule has 170 valence electrons. The van der Waals surface area contributed by atoms with Crippen molar-refractivity contribution in [3.63, 3.8) is 0 Å². The van der Waals surface area contributed by atoms with Gasteiger partial charge in [0.2, 0.25) is 5.13 Å². The van der Waals surface area contributed by atoms with Crippen molar-refractivity contribution in [3.05, 3.63) is 29.7 Å². The summed E-state index contributed by atoms with van der Waals surface area (Å²) in [4.78, 5) is 25.5. The first kappa shape index (κ1) is 23.0. The molecule has 0 spiro atoms. The molecule has 9 nitrogen and oxygen atoms in total. The van der Waals surface area contributed by atoms with E-state index in [4.69, 9.17) is 14.3 Å². The maximum atomic E-state index is 12.2. The molecular weight excluding hydrogens is 441 g/mol. The third kappa shape index (κ3) is 5.34. The third-order valence-corrected chi connectivity index (χ3v) is 6.27. The molecule has 2 fully saturated rings. The number of carboxylic acid groups (broad SMARTS) is 2. The first-order chi connectivity index (χ1) is 14.6. The van der Waals surface area contributed by atoms with E-state index in [0.717, 1.165) is 43.5 Å². The van der Waals surface area contributed by atoms with E-state index in [9.17, 15) is 23.1 Å². The van der Waals surface area contributed by atoms with Crippen LogP contribution in [0.5, 0.6) is 0 Å². The van der Waals surface area contributed by atoms with Gasteiger partial charge in [-0.15, -0.1) is 10.2 Å².